The summed E-state index contributed by atoms with van der Waals surface area (Å²) in [6.45, 7) is 0. The molecule has 0 bridgehead atoms. The summed E-state index contributed by atoms with van der Waals surface area (Å²) in [5, 5.41) is 0.603. The fraction of sp³-hybridized carbons (Fsp3) is 0. The minimum Gasteiger partial charge on any atom is -0.255 e. The number of halogens is 1. The van der Waals surface area contributed by atoms with Gasteiger partial charge in [0.05, 0.1) is 5.52 Å². The molecule has 0 aliphatic rings. The first-order valence-corrected chi connectivity index (χ1v) is 5.25. The van der Waals surface area contributed by atoms with E-state index in [0.717, 1.165) is 6.20 Å². The van der Waals surface area contributed by atoms with Gasteiger partial charge in [0.15, 0.2) is 0 Å². The molecule has 0 N–H and O–H groups in total. The number of hydrogen-bond acceptors (Lipinski definition) is 3. The zero-order valence-electron chi connectivity index (χ0n) is 7.01. The maximum atomic E-state index is 12.6. The Morgan fingerprint density at radius 2 is 1.93 bits per heavy atom. The number of nitrogens with zero attached hydrogens (tertiary/aromatic N) is 1. The molecule has 14 heavy (non-hydrogen) atoms. The minimum atomic E-state index is -4.66. The maximum absolute atomic E-state index is 12.6. The summed E-state index contributed by atoms with van der Waals surface area (Å²) in [6.07, 6.45) is 1.01. The summed E-state index contributed by atoms with van der Waals surface area (Å²) in [6, 6.07) is 8.18. The molecule has 3 nitrogen and oxygen atoms in total. The van der Waals surface area contributed by atoms with Crippen LogP contribution in [0.2, 0.25) is 0 Å². The van der Waals surface area contributed by atoms with Crippen molar-refractivity contribution in [2.45, 2.75) is 4.90 Å². The SMILES string of the molecule is O=S(=O)(F)c1cnc2ccccc2c1. The van der Waals surface area contributed by atoms with Crippen molar-refractivity contribution in [1.29, 1.82) is 0 Å². The first-order valence-electron chi connectivity index (χ1n) is 3.87. The van der Waals surface area contributed by atoms with Gasteiger partial charge in [0, 0.05) is 11.6 Å². The Balaban J connectivity index is 2.75. The zero-order valence-corrected chi connectivity index (χ0v) is 7.83. The summed E-state index contributed by atoms with van der Waals surface area (Å²) in [7, 11) is -4.66. The van der Waals surface area contributed by atoms with Crippen LogP contribution < -0.4 is 0 Å². The number of rotatable bonds is 1. The van der Waals surface area contributed by atoms with Crippen LogP contribution in [0.1, 0.15) is 0 Å². The summed E-state index contributed by atoms with van der Waals surface area (Å²) in [5.41, 5.74) is 0.639. The van der Waals surface area contributed by atoms with Crippen molar-refractivity contribution in [3.05, 3.63) is 36.5 Å². The molecule has 72 valence electrons. The fourth-order valence-electron chi connectivity index (χ4n) is 1.18. The first kappa shape index (κ1) is 9.08. The quantitative estimate of drug-likeness (QED) is 0.677. The normalized spacial score (nSPS) is 11.8. The molecule has 2 rings (SSSR count). The Morgan fingerprint density at radius 1 is 1.21 bits per heavy atom. The van der Waals surface area contributed by atoms with Gasteiger partial charge in [0.25, 0.3) is 0 Å². The summed E-state index contributed by atoms with van der Waals surface area (Å²) in [4.78, 5) is 3.42. The Hall–Kier alpha value is -1.49. The van der Waals surface area contributed by atoms with Gasteiger partial charge in [-0.05, 0) is 12.1 Å². The summed E-state index contributed by atoms with van der Waals surface area (Å²) >= 11 is 0. The molecule has 2 aromatic rings. The predicted molar refractivity (Wildman–Crippen MR) is 50.0 cm³/mol. The van der Waals surface area contributed by atoms with Crippen LogP contribution in [0.25, 0.3) is 10.9 Å². The number of pyridine rings is 1. The van der Waals surface area contributed by atoms with E-state index in [1.807, 2.05) is 0 Å². The van der Waals surface area contributed by atoms with E-state index in [4.69, 9.17) is 0 Å². The highest BCUT2D eigenvalue weighted by molar-refractivity contribution is 7.86. The van der Waals surface area contributed by atoms with Gasteiger partial charge in [-0.2, -0.15) is 8.42 Å². The fourth-order valence-corrected chi connectivity index (χ4v) is 1.63. The highest BCUT2D eigenvalue weighted by atomic mass is 32.3. The van der Waals surface area contributed by atoms with Crippen LogP contribution >= 0.6 is 0 Å². The van der Waals surface area contributed by atoms with Gasteiger partial charge in [-0.1, -0.05) is 18.2 Å². The number of benzene rings is 1. The molecule has 0 amide bonds. The van der Waals surface area contributed by atoms with E-state index in [2.05, 4.69) is 4.98 Å². The second-order valence-electron chi connectivity index (χ2n) is 2.80. The van der Waals surface area contributed by atoms with Gasteiger partial charge in [0.1, 0.15) is 4.90 Å². The topological polar surface area (TPSA) is 47.0 Å². The Bertz CT molecular complexity index is 580. The van der Waals surface area contributed by atoms with Crippen LogP contribution in [-0.4, -0.2) is 13.4 Å². The number of aromatic nitrogens is 1. The molecule has 0 saturated heterocycles. The third kappa shape index (κ3) is 1.58. The third-order valence-electron chi connectivity index (χ3n) is 1.85. The van der Waals surface area contributed by atoms with Crippen molar-refractivity contribution in [2.75, 3.05) is 0 Å². The lowest BCUT2D eigenvalue weighted by atomic mass is 10.2. The highest BCUT2D eigenvalue weighted by Gasteiger charge is 2.12. The van der Waals surface area contributed by atoms with Crippen molar-refractivity contribution < 1.29 is 12.3 Å². The van der Waals surface area contributed by atoms with E-state index >= 15 is 0 Å². The van der Waals surface area contributed by atoms with Crippen molar-refractivity contribution >= 4 is 21.1 Å². The highest BCUT2D eigenvalue weighted by Crippen LogP contribution is 2.17. The van der Waals surface area contributed by atoms with Crippen LogP contribution in [-0.2, 0) is 10.2 Å². The molecule has 0 radical (unpaired) electrons. The average Bonchev–Trinajstić information content (AvgIpc) is 2.16. The van der Waals surface area contributed by atoms with Crippen LogP contribution in [0.15, 0.2) is 41.4 Å². The van der Waals surface area contributed by atoms with Gasteiger partial charge in [-0.15, -0.1) is 3.89 Å². The van der Waals surface area contributed by atoms with Crippen molar-refractivity contribution in [2.24, 2.45) is 0 Å². The molecule has 0 unspecified atom stereocenters. The van der Waals surface area contributed by atoms with Crippen molar-refractivity contribution in [3.8, 4) is 0 Å². The van der Waals surface area contributed by atoms with E-state index in [-0.39, 0.29) is 0 Å². The van der Waals surface area contributed by atoms with Crippen LogP contribution in [0, 0.1) is 0 Å². The molecule has 0 saturated carbocycles. The second-order valence-corrected chi connectivity index (χ2v) is 4.15. The molecular formula is C9H6FNO2S. The van der Waals surface area contributed by atoms with Crippen LogP contribution in [0.5, 0.6) is 0 Å². The van der Waals surface area contributed by atoms with E-state index < -0.39 is 15.1 Å². The molecule has 1 aromatic carbocycles. The lowest BCUT2D eigenvalue weighted by Gasteiger charge is -1.97. The smallest absolute Gasteiger partial charge is 0.255 e. The van der Waals surface area contributed by atoms with Gasteiger partial charge in [-0.25, -0.2) is 0 Å². The van der Waals surface area contributed by atoms with Crippen molar-refractivity contribution in [1.82, 2.24) is 4.98 Å². The van der Waals surface area contributed by atoms with Crippen molar-refractivity contribution in [3.63, 3.8) is 0 Å². The number of fused-ring (bicyclic) bond motifs is 1. The van der Waals surface area contributed by atoms with E-state index in [0.29, 0.717) is 10.9 Å². The molecule has 0 fully saturated rings. The first-order chi connectivity index (χ1) is 6.57. The van der Waals surface area contributed by atoms with E-state index in [1.165, 1.54) is 6.07 Å². The zero-order chi connectivity index (χ0) is 10.2. The molecule has 0 aliphatic heterocycles. The lowest BCUT2D eigenvalue weighted by molar-refractivity contribution is 0.552. The molecule has 1 heterocycles. The standard InChI is InChI=1S/C9H6FNO2S/c10-14(12,13)8-5-7-3-1-2-4-9(7)11-6-8/h1-6H. The van der Waals surface area contributed by atoms with Gasteiger partial charge in [-0.3, -0.25) is 4.98 Å². The molecule has 0 spiro atoms. The van der Waals surface area contributed by atoms with E-state index in [1.54, 1.807) is 24.3 Å². The summed E-state index contributed by atoms with van der Waals surface area (Å²) in [5.74, 6) is 0. The summed E-state index contributed by atoms with van der Waals surface area (Å²) < 4.78 is 33.7. The molecule has 5 heteroatoms. The van der Waals surface area contributed by atoms with Gasteiger partial charge in [0.2, 0.25) is 0 Å². The third-order valence-corrected chi connectivity index (χ3v) is 2.63. The Labute approximate surface area is 80.4 Å². The lowest BCUT2D eigenvalue weighted by Crippen LogP contribution is -1.92. The monoisotopic (exact) mass is 211 g/mol. The molecule has 1 aromatic heterocycles. The minimum absolute atomic E-state index is 0.406. The number of para-hydroxylation sites is 1. The molecule has 0 atom stereocenters. The largest absolute Gasteiger partial charge is 0.333 e. The predicted octanol–water partition coefficient (Wildman–Crippen LogP) is 1.89. The Kier molecular flexibility index (Phi) is 1.96. The second kappa shape index (κ2) is 3.02. The van der Waals surface area contributed by atoms with Gasteiger partial charge >= 0.3 is 10.2 Å². The maximum Gasteiger partial charge on any atom is 0.333 e. The van der Waals surface area contributed by atoms with E-state index in [9.17, 15) is 12.3 Å². The van der Waals surface area contributed by atoms with Crippen LogP contribution in [0.4, 0.5) is 3.89 Å². The Morgan fingerprint density at radius 3 is 2.64 bits per heavy atom. The average molecular weight is 211 g/mol. The molecule has 0 aliphatic carbocycles. The van der Waals surface area contributed by atoms with Crippen LogP contribution in [0.3, 0.4) is 0 Å². The molecular weight excluding hydrogens is 205 g/mol. The van der Waals surface area contributed by atoms with Gasteiger partial charge < -0.3 is 0 Å². The number of hydrogen-bond donors (Lipinski definition) is 0.